The molecule has 2 aromatic rings. The van der Waals surface area contributed by atoms with Gasteiger partial charge < -0.3 is 19.1 Å². The van der Waals surface area contributed by atoms with Crippen LogP contribution in [-0.4, -0.2) is 69.5 Å². The van der Waals surface area contributed by atoms with Gasteiger partial charge in [-0.2, -0.15) is 4.31 Å². The Morgan fingerprint density at radius 3 is 1.85 bits per heavy atom. The van der Waals surface area contributed by atoms with Crippen molar-refractivity contribution in [3.8, 4) is 17.2 Å². The minimum atomic E-state index is -3.59. The number of sulfonamides is 1. The van der Waals surface area contributed by atoms with Crippen LogP contribution >= 0.6 is 0 Å². The number of carbonyl (C=O) groups excluding carboxylic acids is 1. The van der Waals surface area contributed by atoms with Crippen LogP contribution < -0.4 is 14.2 Å². The van der Waals surface area contributed by atoms with E-state index in [9.17, 15) is 13.2 Å². The quantitative estimate of drug-likeness (QED) is 0.552. The summed E-state index contributed by atoms with van der Waals surface area (Å²) in [6, 6.07) is 10.1. The Kier molecular flexibility index (Phi) is 8.20. The van der Waals surface area contributed by atoms with Gasteiger partial charge in [0.1, 0.15) is 0 Å². The minimum Gasteiger partial charge on any atom is -0.490 e. The number of amides is 1. The second kappa shape index (κ2) is 10.9. The molecule has 1 fully saturated rings. The number of hydrogen-bond donors (Lipinski definition) is 0. The molecule has 0 atom stereocenters. The van der Waals surface area contributed by atoms with Crippen LogP contribution in [0.25, 0.3) is 0 Å². The van der Waals surface area contributed by atoms with E-state index in [2.05, 4.69) is 0 Å². The normalized spacial score (nSPS) is 14.7. The van der Waals surface area contributed by atoms with Crippen molar-refractivity contribution in [2.24, 2.45) is 0 Å². The molecule has 1 saturated heterocycles. The number of nitrogens with zero attached hydrogens (tertiary/aromatic N) is 2. The van der Waals surface area contributed by atoms with E-state index in [0.717, 1.165) is 5.56 Å². The molecule has 0 bridgehead atoms. The summed E-state index contributed by atoms with van der Waals surface area (Å²) in [5.74, 6) is 1.18. The molecule has 180 valence electrons. The lowest BCUT2D eigenvalue weighted by Gasteiger charge is -2.34. The summed E-state index contributed by atoms with van der Waals surface area (Å²) < 4.78 is 44.5. The molecule has 0 N–H and O–H groups in total. The number of rotatable bonds is 9. The monoisotopic (exact) mass is 476 g/mol. The van der Waals surface area contributed by atoms with Gasteiger partial charge >= 0.3 is 0 Å². The maximum atomic E-state index is 13.3. The van der Waals surface area contributed by atoms with Crippen molar-refractivity contribution in [2.45, 2.75) is 32.6 Å². The Morgan fingerprint density at radius 2 is 1.36 bits per heavy atom. The minimum absolute atomic E-state index is 0.202. The van der Waals surface area contributed by atoms with Crippen LogP contribution in [0.2, 0.25) is 0 Å². The maximum Gasteiger partial charge on any atom is 0.254 e. The Bertz CT molecular complexity index is 1030. The van der Waals surface area contributed by atoms with E-state index in [1.165, 1.54) is 4.31 Å². The molecule has 2 aromatic carbocycles. The number of aryl methyl sites for hydroxylation is 1. The SMILES string of the molecule is CCOc1cc(C(=O)N2CCN(S(=O)(=O)c3ccc(C)cc3)CC2)cc(OCC)c1OCC. The third-order valence-corrected chi connectivity index (χ3v) is 7.25. The average Bonchev–Trinajstić information content (AvgIpc) is 2.81. The molecule has 8 nitrogen and oxygen atoms in total. The van der Waals surface area contributed by atoms with Crippen molar-refractivity contribution < 1.29 is 27.4 Å². The predicted octanol–water partition coefficient (Wildman–Crippen LogP) is 3.34. The van der Waals surface area contributed by atoms with Crippen molar-refractivity contribution in [2.75, 3.05) is 46.0 Å². The van der Waals surface area contributed by atoms with Gasteiger partial charge in [-0.3, -0.25) is 4.79 Å². The van der Waals surface area contributed by atoms with Crippen LogP contribution in [0.3, 0.4) is 0 Å². The fourth-order valence-electron chi connectivity index (χ4n) is 3.69. The fraction of sp³-hybridized carbons (Fsp3) is 0.458. The first kappa shape index (κ1) is 24.9. The van der Waals surface area contributed by atoms with Crippen LogP contribution in [0.1, 0.15) is 36.7 Å². The van der Waals surface area contributed by atoms with E-state index >= 15 is 0 Å². The topological polar surface area (TPSA) is 85.4 Å². The van der Waals surface area contributed by atoms with Crippen LogP contribution in [0, 0.1) is 6.92 Å². The van der Waals surface area contributed by atoms with Crippen LogP contribution in [0.5, 0.6) is 17.2 Å². The zero-order chi connectivity index (χ0) is 24.0. The van der Waals surface area contributed by atoms with Gasteiger partial charge in [-0.05, 0) is 52.0 Å². The van der Waals surface area contributed by atoms with Crippen LogP contribution in [0.15, 0.2) is 41.3 Å². The molecule has 0 unspecified atom stereocenters. The van der Waals surface area contributed by atoms with E-state index in [-0.39, 0.29) is 23.9 Å². The van der Waals surface area contributed by atoms with Gasteiger partial charge in [0.2, 0.25) is 15.8 Å². The third-order valence-electron chi connectivity index (χ3n) is 5.34. The van der Waals surface area contributed by atoms with Crippen molar-refractivity contribution >= 4 is 15.9 Å². The summed E-state index contributed by atoms with van der Waals surface area (Å²) in [6.07, 6.45) is 0. The van der Waals surface area contributed by atoms with Gasteiger partial charge in [0, 0.05) is 31.7 Å². The Morgan fingerprint density at radius 1 is 0.848 bits per heavy atom. The average molecular weight is 477 g/mol. The number of carbonyl (C=O) groups is 1. The standard InChI is InChI=1S/C24H32N2O6S/c1-5-30-21-16-19(17-22(31-6-2)23(21)32-7-3)24(27)25-12-14-26(15-13-25)33(28,29)20-10-8-18(4)9-11-20/h8-11,16-17H,5-7,12-15H2,1-4H3. The molecule has 3 rings (SSSR count). The molecule has 1 aliphatic rings. The molecule has 1 aliphatic heterocycles. The van der Waals surface area contributed by atoms with Gasteiger partial charge in [-0.25, -0.2) is 8.42 Å². The van der Waals surface area contributed by atoms with Crippen LogP contribution in [0.4, 0.5) is 0 Å². The molecule has 0 aromatic heterocycles. The first-order valence-corrected chi connectivity index (χ1v) is 12.7. The first-order valence-electron chi connectivity index (χ1n) is 11.2. The predicted molar refractivity (Wildman–Crippen MR) is 126 cm³/mol. The Hall–Kier alpha value is -2.78. The van der Waals surface area contributed by atoms with Gasteiger partial charge in [-0.1, -0.05) is 17.7 Å². The first-order chi connectivity index (χ1) is 15.8. The lowest BCUT2D eigenvalue weighted by molar-refractivity contribution is 0.0696. The number of ether oxygens (including phenoxy) is 3. The van der Waals surface area contributed by atoms with E-state index in [1.54, 1.807) is 41.3 Å². The highest BCUT2D eigenvalue weighted by Crippen LogP contribution is 2.39. The fourth-order valence-corrected chi connectivity index (χ4v) is 5.11. The van der Waals surface area contributed by atoms with Gasteiger partial charge in [0.15, 0.2) is 11.5 Å². The molecule has 9 heteroatoms. The summed E-state index contributed by atoms with van der Waals surface area (Å²) in [5.41, 5.74) is 1.41. The second-order valence-electron chi connectivity index (χ2n) is 7.61. The highest BCUT2D eigenvalue weighted by molar-refractivity contribution is 7.89. The molecule has 1 amide bonds. The van der Waals surface area contributed by atoms with E-state index in [1.807, 2.05) is 27.7 Å². The molecule has 0 radical (unpaired) electrons. The van der Waals surface area contributed by atoms with Gasteiger partial charge in [-0.15, -0.1) is 0 Å². The maximum absolute atomic E-state index is 13.3. The molecule has 1 heterocycles. The molecule has 0 saturated carbocycles. The smallest absolute Gasteiger partial charge is 0.254 e. The summed E-state index contributed by atoms with van der Waals surface area (Å²) >= 11 is 0. The highest BCUT2D eigenvalue weighted by atomic mass is 32.2. The molecule has 0 spiro atoms. The van der Waals surface area contributed by atoms with Crippen LogP contribution in [-0.2, 0) is 10.0 Å². The summed E-state index contributed by atoms with van der Waals surface area (Å²) in [7, 11) is -3.59. The summed E-state index contributed by atoms with van der Waals surface area (Å²) in [4.78, 5) is 15.2. The van der Waals surface area contributed by atoms with E-state index in [4.69, 9.17) is 14.2 Å². The Balaban J connectivity index is 1.78. The molecular formula is C24H32N2O6S. The van der Waals surface area contributed by atoms with Crippen molar-refractivity contribution in [3.05, 3.63) is 47.5 Å². The Labute approximate surface area is 196 Å². The van der Waals surface area contributed by atoms with Crippen molar-refractivity contribution in [1.82, 2.24) is 9.21 Å². The van der Waals surface area contributed by atoms with Crippen molar-refractivity contribution in [3.63, 3.8) is 0 Å². The summed E-state index contributed by atoms with van der Waals surface area (Å²) in [6.45, 7) is 9.82. The lowest BCUT2D eigenvalue weighted by Crippen LogP contribution is -2.50. The number of piperazine rings is 1. The highest BCUT2D eigenvalue weighted by Gasteiger charge is 2.31. The van der Waals surface area contributed by atoms with Gasteiger partial charge in [0.25, 0.3) is 5.91 Å². The lowest BCUT2D eigenvalue weighted by atomic mass is 10.1. The van der Waals surface area contributed by atoms with Crippen molar-refractivity contribution in [1.29, 1.82) is 0 Å². The number of hydrogen-bond acceptors (Lipinski definition) is 6. The second-order valence-corrected chi connectivity index (χ2v) is 9.55. The third kappa shape index (κ3) is 5.59. The zero-order valence-electron chi connectivity index (χ0n) is 19.7. The summed E-state index contributed by atoms with van der Waals surface area (Å²) in [5, 5.41) is 0. The largest absolute Gasteiger partial charge is 0.490 e. The molecule has 0 aliphatic carbocycles. The van der Waals surface area contributed by atoms with E-state index < -0.39 is 10.0 Å². The van der Waals surface area contributed by atoms with E-state index in [0.29, 0.717) is 55.7 Å². The molecule has 33 heavy (non-hydrogen) atoms. The molecular weight excluding hydrogens is 444 g/mol. The van der Waals surface area contributed by atoms with Gasteiger partial charge in [0.05, 0.1) is 24.7 Å². The number of benzene rings is 2. The zero-order valence-corrected chi connectivity index (χ0v) is 20.5.